The van der Waals surface area contributed by atoms with E-state index in [1.165, 1.54) is 6.07 Å². The van der Waals surface area contributed by atoms with Gasteiger partial charge in [0, 0.05) is 17.5 Å². The number of furan rings is 1. The average Bonchev–Trinajstić information content (AvgIpc) is 2.93. The molecule has 2 aromatic heterocycles. The fourth-order valence-electron chi connectivity index (χ4n) is 3.29. The molecule has 0 saturated carbocycles. The highest BCUT2D eigenvalue weighted by Gasteiger charge is 2.23. The molecule has 0 radical (unpaired) electrons. The highest BCUT2D eigenvalue weighted by atomic mass is 19.1. The van der Waals surface area contributed by atoms with Crippen molar-refractivity contribution in [2.24, 2.45) is 7.05 Å². The van der Waals surface area contributed by atoms with Gasteiger partial charge >= 0.3 is 0 Å². The quantitative estimate of drug-likeness (QED) is 0.488. The lowest BCUT2D eigenvalue weighted by molar-refractivity contribution is -0.660. The van der Waals surface area contributed by atoms with Gasteiger partial charge in [0.1, 0.15) is 30.1 Å². The lowest BCUT2D eigenvalue weighted by Gasteiger charge is -2.07. The van der Waals surface area contributed by atoms with Gasteiger partial charge in [-0.3, -0.25) is 0 Å². The Balaban J connectivity index is 2.24. The molecule has 2 heterocycles. The van der Waals surface area contributed by atoms with Gasteiger partial charge in [-0.05, 0) is 36.8 Å². The van der Waals surface area contributed by atoms with Crippen molar-refractivity contribution in [3.05, 3.63) is 65.6 Å². The van der Waals surface area contributed by atoms with Gasteiger partial charge in [-0.15, -0.1) is 0 Å². The molecule has 0 aliphatic carbocycles. The van der Waals surface area contributed by atoms with Crippen molar-refractivity contribution in [2.75, 3.05) is 0 Å². The average molecular weight is 317 g/mol. The number of benzene rings is 2. The Bertz CT molecular complexity index is 1150. The highest BCUT2D eigenvalue weighted by molar-refractivity contribution is 6.10. The molecule has 4 heteroatoms. The van der Waals surface area contributed by atoms with E-state index in [1.807, 2.05) is 49.0 Å². The second kappa shape index (κ2) is 5.17. The Hall–Kier alpha value is -3.19. The maximum atomic E-state index is 14.4. The molecule has 0 bridgehead atoms. The number of pyridine rings is 1. The first kappa shape index (κ1) is 14.4. The molecular formula is C20H14FN2O+. The number of hydrogen-bond acceptors (Lipinski definition) is 2. The summed E-state index contributed by atoms with van der Waals surface area (Å²) in [6, 6.07) is 14.7. The molecule has 3 nitrogen and oxygen atoms in total. The minimum Gasteiger partial charge on any atom is -0.456 e. The molecule has 2 aromatic carbocycles. The van der Waals surface area contributed by atoms with Crippen LogP contribution in [0.15, 0.2) is 53.1 Å². The van der Waals surface area contributed by atoms with E-state index in [1.54, 1.807) is 12.1 Å². The van der Waals surface area contributed by atoms with Gasteiger partial charge < -0.3 is 4.42 Å². The summed E-state index contributed by atoms with van der Waals surface area (Å²) < 4.78 is 22.1. The maximum Gasteiger partial charge on any atom is 0.213 e. The molecule has 116 valence electrons. The van der Waals surface area contributed by atoms with Crippen molar-refractivity contribution >= 4 is 21.9 Å². The SMILES string of the molecule is Cc1cc2oc3cccc(F)c3c2c(C#N)c1-c1cccc[n+]1C. The first-order valence-corrected chi connectivity index (χ1v) is 7.61. The molecule has 4 rings (SSSR count). The summed E-state index contributed by atoms with van der Waals surface area (Å²) in [6.07, 6.45) is 1.92. The van der Waals surface area contributed by atoms with Crippen LogP contribution >= 0.6 is 0 Å². The molecule has 0 atom stereocenters. The predicted octanol–water partition coefficient (Wildman–Crippen LogP) is 4.40. The number of fused-ring (bicyclic) bond motifs is 3. The second-order valence-electron chi connectivity index (χ2n) is 5.84. The minimum absolute atomic E-state index is 0.365. The van der Waals surface area contributed by atoms with Crippen molar-refractivity contribution in [1.29, 1.82) is 5.26 Å². The zero-order valence-corrected chi connectivity index (χ0v) is 13.3. The van der Waals surface area contributed by atoms with Crippen LogP contribution in [-0.4, -0.2) is 0 Å². The summed E-state index contributed by atoms with van der Waals surface area (Å²) in [5.74, 6) is -0.380. The number of nitriles is 1. The number of nitrogens with zero attached hydrogens (tertiary/aromatic N) is 2. The van der Waals surface area contributed by atoms with E-state index >= 15 is 0 Å². The van der Waals surface area contributed by atoms with E-state index in [0.717, 1.165) is 16.8 Å². The Morgan fingerprint density at radius 2 is 1.92 bits per heavy atom. The molecule has 0 aliphatic rings. The summed E-state index contributed by atoms with van der Waals surface area (Å²) in [6.45, 7) is 1.94. The minimum atomic E-state index is -0.380. The van der Waals surface area contributed by atoms with Crippen LogP contribution in [0.4, 0.5) is 4.39 Å². The molecule has 0 saturated heterocycles. The zero-order chi connectivity index (χ0) is 16.8. The zero-order valence-electron chi connectivity index (χ0n) is 13.3. The summed E-state index contributed by atoms with van der Waals surface area (Å²) in [4.78, 5) is 0. The Morgan fingerprint density at radius 1 is 1.08 bits per heavy atom. The van der Waals surface area contributed by atoms with Gasteiger partial charge in [-0.2, -0.15) is 5.26 Å². The number of aryl methyl sites for hydroxylation is 2. The summed E-state index contributed by atoms with van der Waals surface area (Å²) in [5.41, 5.74) is 4.05. The first-order valence-electron chi connectivity index (χ1n) is 7.61. The molecule has 0 fully saturated rings. The van der Waals surface area contributed by atoms with Crippen molar-refractivity contribution in [1.82, 2.24) is 0 Å². The number of hydrogen-bond donors (Lipinski definition) is 0. The highest BCUT2D eigenvalue weighted by Crippen LogP contribution is 2.38. The largest absolute Gasteiger partial charge is 0.456 e. The lowest BCUT2D eigenvalue weighted by atomic mass is 9.94. The van der Waals surface area contributed by atoms with Crippen molar-refractivity contribution < 1.29 is 13.4 Å². The van der Waals surface area contributed by atoms with E-state index < -0.39 is 0 Å². The van der Waals surface area contributed by atoms with E-state index in [4.69, 9.17) is 4.42 Å². The molecule has 0 unspecified atom stereocenters. The third-order valence-electron chi connectivity index (χ3n) is 4.36. The molecule has 0 aliphatic heterocycles. The smallest absolute Gasteiger partial charge is 0.213 e. The first-order chi connectivity index (χ1) is 11.6. The van der Waals surface area contributed by atoms with E-state index in [-0.39, 0.29) is 5.82 Å². The topological polar surface area (TPSA) is 40.8 Å². The van der Waals surface area contributed by atoms with Crippen molar-refractivity contribution in [2.45, 2.75) is 6.92 Å². The summed E-state index contributed by atoms with van der Waals surface area (Å²) in [7, 11) is 1.92. The van der Waals surface area contributed by atoms with E-state index in [9.17, 15) is 9.65 Å². The summed E-state index contributed by atoms with van der Waals surface area (Å²) >= 11 is 0. The predicted molar refractivity (Wildman–Crippen MR) is 89.7 cm³/mol. The molecule has 24 heavy (non-hydrogen) atoms. The van der Waals surface area contributed by atoms with Crippen LogP contribution in [0.3, 0.4) is 0 Å². The van der Waals surface area contributed by atoms with Gasteiger partial charge in [0.2, 0.25) is 5.69 Å². The fourth-order valence-corrected chi connectivity index (χ4v) is 3.29. The monoisotopic (exact) mass is 317 g/mol. The van der Waals surface area contributed by atoms with Crippen LogP contribution in [0, 0.1) is 24.1 Å². The molecular weight excluding hydrogens is 303 g/mol. The van der Waals surface area contributed by atoms with Gasteiger partial charge in [-0.1, -0.05) is 6.07 Å². The van der Waals surface area contributed by atoms with Gasteiger partial charge in [-0.25, -0.2) is 8.96 Å². The molecule has 4 aromatic rings. The van der Waals surface area contributed by atoms with E-state index in [0.29, 0.717) is 27.5 Å². The number of halogens is 1. The second-order valence-corrected chi connectivity index (χ2v) is 5.84. The van der Waals surface area contributed by atoms with Crippen LogP contribution in [0.2, 0.25) is 0 Å². The third-order valence-corrected chi connectivity index (χ3v) is 4.36. The lowest BCUT2D eigenvalue weighted by Crippen LogP contribution is -2.30. The number of aromatic nitrogens is 1. The molecule has 0 amide bonds. The Labute approximate surface area is 138 Å². The van der Waals surface area contributed by atoms with Crippen LogP contribution in [0.5, 0.6) is 0 Å². The molecule has 0 spiro atoms. The van der Waals surface area contributed by atoms with E-state index in [2.05, 4.69) is 6.07 Å². The van der Waals surface area contributed by atoms with Crippen molar-refractivity contribution in [3.63, 3.8) is 0 Å². The van der Waals surface area contributed by atoms with Gasteiger partial charge in [0.25, 0.3) is 0 Å². The van der Waals surface area contributed by atoms with Crippen LogP contribution in [0.25, 0.3) is 33.2 Å². The van der Waals surface area contributed by atoms with Crippen LogP contribution in [0.1, 0.15) is 11.1 Å². The molecule has 0 N–H and O–H groups in total. The standard InChI is InChI=1S/C20H14FN2O/c1-12-10-17-19(20-14(21)6-5-8-16(20)24-17)13(11-22)18(12)15-7-3-4-9-23(15)2/h3-10H,1-2H3/q+1. The van der Waals surface area contributed by atoms with Crippen LogP contribution < -0.4 is 4.57 Å². The Morgan fingerprint density at radius 3 is 2.67 bits per heavy atom. The van der Waals surface area contributed by atoms with Gasteiger partial charge in [0.15, 0.2) is 6.20 Å². The third kappa shape index (κ3) is 1.92. The maximum absolute atomic E-state index is 14.4. The fraction of sp³-hybridized carbons (Fsp3) is 0.100. The van der Waals surface area contributed by atoms with Crippen molar-refractivity contribution in [3.8, 4) is 17.3 Å². The number of rotatable bonds is 1. The normalized spacial score (nSPS) is 11.1. The van der Waals surface area contributed by atoms with Crippen LogP contribution in [-0.2, 0) is 7.05 Å². The van der Waals surface area contributed by atoms with Gasteiger partial charge in [0.05, 0.1) is 16.5 Å². The summed E-state index contributed by atoms with van der Waals surface area (Å²) in [5, 5.41) is 10.7. The Kier molecular flexibility index (Phi) is 3.10.